The summed E-state index contributed by atoms with van der Waals surface area (Å²) < 4.78 is 20.5. The summed E-state index contributed by atoms with van der Waals surface area (Å²) in [7, 11) is 0. The number of carbonyl (C=O) groups is 1. The Morgan fingerprint density at radius 2 is 2.33 bits per heavy atom. The zero-order chi connectivity index (χ0) is 15.0. The van der Waals surface area contributed by atoms with Crippen LogP contribution in [0.1, 0.15) is 25.1 Å². The molecule has 1 aliphatic heterocycles. The second kappa shape index (κ2) is 5.44. The van der Waals surface area contributed by atoms with Gasteiger partial charge in [0.25, 0.3) is 0 Å². The van der Waals surface area contributed by atoms with Crippen molar-refractivity contribution in [3.05, 3.63) is 29.8 Å². The summed E-state index contributed by atoms with van der Waals surface area (Å²) in [6, 6.07) is 4.49. The maximum Gasteiger partial charge on any atom is 0.308 e. The van der Waals surface area contributed by atoms with Crippen molar-refractivity contribution in [1.82, 2.24) is 9.55 Å². The van der Waals surface area contributed by atoms with Gasteiger partial charge in [-0.3, -0.25) is 4.79 Å². The topological polar surface area (TPSA) is 64.3 Å². The lowest BCUT2D eigenvalue weighted by atomic mass is 10.0. The van der Waals surface area contributed by atoms with Crippen LogP contribution in [0.25, 0.3) is 11.0 Å². The number of esters is 1. The number of aromatic nitrogens is 2. The van der Waals surface area contributed by atoms with Crippen molar-refractivity contribution in [1.29, 1.82) is 0 Å². The second-order valence-corrected chi connectivity index (χ2v) is 5.44. The largest absolute Gasteiger partial charge is 0.462 e. The summed E-state index contributed by atoms with van der Waals surface area (Å²) in [6.45, 7) is 2.43. The van der Waals surface area contributed by atoms with E-state index >= 15 is 0 Å². The number of hydrogen-bond donors (Lipinski definition) is 1. The Morgan fingerprint density at radius 1 is 1.52 bits per heavy atom. The van der Waals surface area contributed by atoms with Gasteiger partial charge >= 0.3 is 5.97 Å². The van der Waals surface area contributed by atoms with Crippen LogP contribution >= 0.6 is 0 Å². The van der Waals surface area contributed by atoms with E-state index in [0.29, 0.717) is 19.4 Å². The molecule has 21 heavy (non-hydrogen) atoms. The van der Waals surface area contributed by atoms with E-state index in [0.717, 1.165) is 16.9 Å². The quantitative estimate of drug-likeness (QED) is 0.878. The third-order valence-electron chi connectivity index (χ3n) is 3.81. The number of ether oxygens (including phenoxy) is 1. The Bertz CT molecular complexity index is 683. The number of benzene rings is 1. The third kappa shape index (κ3) is 2.90. The number of imidazole rings is 1. The van der Waals surface area contributed by atoms with Gasteiger partial charge in [0.2, 0.25) is 0 Å². The first-order valence-electron chi connectivity index (χ1n) is 7.03. The summed E-state index contributed by atoms with van der Waals surface area (Å²) in [6.07, 6.45) is 0.160. The maximum atomic E-state index is 13.4. The van der Waals surface area contributed by atoms with Crippen LogP contribution in [-0.4, -0.2) is 32.8 Å². The SMILES string of the molecule is Cc1nc2ccc(F)cc2n1CC[C@@H]1C[C@@H](O)CC(=O)O1. The molecule has 6 heteroatoms. The number of aryl methyl sites for hydroxylation is 2. The van der Waals surface area contributed by atoms with Gasteiger partial charge in [-0.2, -0.15) is 0 Å². The first-order valence-corrected chi connectivity index (χ1v) is 7.03. The highest BCUT2D eigenvalue weighted by Gasteiger charge is 2.27. The third-order valence-corrected chi connectivity index (χ3v) is 3.81. The minimum atomic E-state index is -0.630. The molecule has 1 fully saturated rings. The molecule has 0 unspecified atom stereocenters. The highest BCUT2D eigenvalue weighted by molar-refractivity contribution is 5.76. The zero-order valence-corrected chi connectivity index (χ0v) is 11.8. The van der Waals surface area contributed by atoms with E-state index in [1.54, 1.807) is 6.07 Å². The van der Waals surface area contributed by atoms with Crippen molar-refractivity contribution < 1.29 is 19.0 Å². The van der Waals surface area contributed by atoms with Crippen LogP contribution in [0.2, 0.25) is 0 Å². The van der Waals surface area contributed by atoms with Gasteiger partial charge in [-0.25, -0.2) is 9.37 Å². The average molecular weight is 292 g/mol. The second-order valence-electron chi connectivity index (χ2n) is 5.44. The predicted molar refractivity (Wildman–Crippen MR) is 74.2 cm³/mol. The fraction of sp³-hybridized carbons (Fsp3) is 0.467. The molecule has 3 rings (SSSR count). The van der Waals surface area contributed by atoms with Gasteiger partial charge in [0.15, 0.2) is 0 Å². The van der Waals surface area contributed by atoms with Gasteiger partial charge < -0.3 is 14.4 Å². The summed E-state index contributed by atoms with van der Waals surface area (Å²) >= 11 is 0. The maximum absolute atomic E-state index is 13.4. The summed E-state index contributed by atoms with van der Waals surface area (Å²) in [5, 5.41) is 9.60. The van der Waals surface area contributed by atoms with E-state index < -0.39 is 6.10 Å². The molecule has 2 aromatic rings. The fourth-order valence-electron chi connectivity index (χ4n) is 2.81. The first kappa shape index (κ1) is 14.0. The van der Waals surface area contributed by atoms with Gasteiger partial charge in [0.05, 0.1) is 23.6 Å². The van der Waals surface area contributed by atoms with Crippen LogP contribution in [0.4, 0.5) is 4.39 Å². The minimum Gasteiger partial charge on any atom is -0.462 e. The molecule has 1 N–H and O–H groups in total. The van der Waals surface area contributed by atoms with Crippen LogP contribution < -0.4 is 0 Å². The number of aliphatic hydroxyl groups is 1. The molecule has 0 saturated carbocycles. The average Bonchev–Trinajstić information content (AvgIpc) is 2.70. The molecule has 1 aliphatic rings. The Morgan fingerprint density at radius 3 is 3.10 bits per heavy atom. The van der Waals surface area contributed by atoms with Gasteiger partial charge in [-0.15, -0.1) is 0 Å². The molecule has 1 aromatic carbocycles. The molecular formula is C15H17FN2O3. The van der Waals surface area contributed by atoms with Crippen LogP contribution in [0, 0.1) is 12.7 Å². The van der Waals surface area contributed by atoms with Crippen molar-refractivity contribution in [3.8, 4) is 0 Å². The smallest absolute Gasteiger partial charge is 0.308 e. The number of cyclic esters (lactones) is 1. The Hall–Kier alpha value is -1.95. The van der Waals surface area contributed by atoms with Crippen LogP contribution in [-0.2, 0) is 16.1 Å². The lowest BCUT2D eigenvalue weighted by molar-refractivity contribution is -0.160. The van der Waals surface area contributed by atoms with Crippen molar-refractivity contribution in [2.24, 2.45) is 0 Å². The van der Waals surface area contributed by atoms with E-state index in [4.69, 9.17) is 4.74 Å². The van der Waals surface area contributed by atoms with Crippen molar-refractivity contribution in [2.45, 2.75) is 44.9 Å². The van der Waals surface area contributed by atoms with E-state index in [2.05, 4.69) is 4.98 Å². The molecule has 1 aromatic heterocycles. The Labute approximate surface area is 121 Å². The molecule has 2 atom stereocenters. The van der Waals surface area contributed by atoms with Gasteiger partial charge in [-0.05, 0) is 25.1 Å². The molecular weight excluding hydrogens is 275 g/mol. The molecule has 0 spiro atoms. The number of rotatable bonds is 3. The van der Waals surface area contributed by atoms with Gasteiger partial charge in [-0.1, -0.05) is 0 Å². The van der Waals surface area contributed by atoms with E-state index in [1.165, 1.54) is 12.1 Å². The molecule has 0 aliphatic carbocycles. The van der Waals surface area contributed by atoms with Crippen molar-refractivity contribution >= 4 is 17.0 Å². The molecule has 5 nitrogen and oxygen atoms in total. The summed E-state index contributed by atoms with van der Waals surface area (Å²) in [5.41, 5.74) is 1.48. The molecule has 0 amide bonds. The van der Waals surface area contributed by atoms with Crippen LogP contribution in [0.5, 0.6) is 0 Å². The molecule has 2 heterocycles. The minimum absolute atomic E-state index is 0.0642. The highest BCUT2D eigenvalue weighted by atomic mass is 19.1. The van der Waals surface area contributed by atoms with Gasteiger partial charge in [0, 0.05) is 19.4 Å². The van der Waals surface area contributed by atoms with E-state index in [1.807, 2.05) is 11.5 Å². The van der Waals surface area contributed by atoms with Gasteiger partial charge in [0.1, 0.15) is 17.7 Å². The lowest BCUT2D eigenvalue weighted by Gasteiger charge is -2.26. The number of halogens is 1. The summed E-state index contributed by atoms with van der Waals surface area (Å²) in [4.78, 5) is 15.7. The van der Waals surface area contributed by atoms with E-state index in [-0.39, 0.29) is 24.3 Å². The molecule has 1 saturated heterocycles. The molecule has 0 radical (unpaired) electrons. The Balaban J connectivity index is 1.77. The fourth-order valence-corrected chi connectivity index (χ4v) is 2.81. The van der Waals surface area contributed by atoms with Crippen molar-refractivity contribution in [3.63, 3.8) is 0 Å². The van der Waals surface area contributed by atoms with Crippen LogP contribution in [0.15, 0.2) is 18.2 Å². The monoisotopic (exact) mass is 292 g/mol. The highest BCUT2D eigenvalue weighted by Crippen LogP contribution is 2.21. The molecule has 0 bridgehead atoms. The van der Waals surface area contributed by atoms with E-state index in [9.17, 15) is 14.3 Å². The molecule has 112 valence electrons. The number of nitrogens with zero attached hydrogens (tertiary/aromatic N) is 2. The number of carbonyl (C=O) groups excluding carboxylic acids is 1. The standard InChI is InChI=1S/C15H17FN2O3/c1-9-17-13-3-2-10(16)6-14(13)18(9)5-4-12-7-11(19)8-15(20)21-12/h2-3,6,11-12,19H,4-5,7-8H2,1H3/t11-,12-/m1/s1. The number of fused-ring (bicyclic) bond motifs is 1. The number of hydrogen-bond acceptors (Lipinski definition) is 4. The van der Waals surface area contributed by atoms with Crippen molar-refractivity contribution in [2.75, 3.05) is 0 Å². The van der Waals surface area contributed by atoms with Crippen LogP contribution in [0.3, 0.4) is 0 Å². The number of aliphatic hydroxyl groups excluding tert-OH is 1. The lowest BCUT2D eigenvalue weighted by Crippen LogP contribution is -2.33. The Kier molecular flexibility index (Phi) is 3.63. The first-order chi connectivity index (χ1) is 10.0. The predicted octanol–water partition coefficient (Wildman–Crippen LogP) is 1.94. The zero-order valence-electron chi connectivity index (χ0n) is 11.8. The summed E-state index contributed by atoms with van der Waals surface area (Å²) in [5.74, 6) is 0.124. The normalized spacial score (nSPS) is 22.5.